The molecule has 1 fully saturated rings. The second-order valence-corrected chi connectivity index (χ2v) is 4.07. The fourth-order valence-electron chi connectivity index (χ4n) is 1.66. The first-order valence-electron chi connectivity index (χ1n) is 5.13. The van der Waals surface area contributed by atoms with E-state index < -0.39 is 5.79 Å². The van der Waals surface area contributed by atoms with Crippen molar-refractivity contribution < 1.29 is 13.8 Å². The standard InChI is InChI=1S/C9H18NO3P/c1-2-8(10)4-6-9(13-14-11)5-3-7-12-9/h8H,2-7,10H2,1H3. The van der Waals surface area contributed by atoms with Crippen LogP contribution in [0.25, 0.3) is 0 Å². The zero-order chi connectivity index (χ0) is 10.4. The van der Waals surface area contributed by atoms with E-state index in [1.54, 1.807) is 0 Å². The van der Waals surface area contributed by atoms with E-state index in [0.29, 0.717) is 6.61 Å². The van der Waals surface area contributed by atoms with E-state index in [1.165, 1.54) is 0 Å². The summed E-state index contributed by atoms with van der Waals surface area (Å²) in [5.41, 5.74) is 5.81. The van der Waals surface area contributed by atoms with Gasteiger partial charge in [-0.25, -0.2) is 4.57 Å². The molecule has 0 aromatic rings. The summed E-state index contributed by atoms with van der Waals surface area (Å²) >= 11 is 0. The average molecular weight is 219 g/mol. The first-order valence-corrected chi connectivity index (χ1v) is 5.86. The van der Waals surface area contributed by atoms with Gasteiger partial charge in [0.15, 0.2) is 5.79 Å². The number of rotatable bonds is 6. The lowest BCUT2D eigenvalue weighted by atomic mass is 10.0. The number of nitrogens with two attached hydrogens (primary N) is 1. The van der Waals surface area contributed by atoms with Crippen molar-refractivity contribution in [2.45, 2.75) is 50.9 Å². The fourth-order valence-corrected chi connectivity index (χ4v) is 2.04. The summed E-state index contributed by atoms with van der Waals surface area (Å²) in [4.78, 5) is 0. The predicted molar refractivity (Wildman–Crippen MR) is 54.1 cm³/mol. The Hall–Kier alpha value is -0.0200. The predicted octanol–water partition coefficient (Wildman–Crippen LogP) is 2.23. The van der Waals surface area contributed by atoms with E-state index >= 15 is 0 Å². The third kappa shape index (κ3) is 3.28. The van der Waals surface area contributed by atoms with Crippen molar-refractivity contribution in [2.75, 3.05) is 6.61 Å². The van der Waals surface area contributed by atoms with Crippen LogP contribution in [0.4, 0.5) is 0 Å². The van der Waals surface area contributed by atoms with Crippen molar-refractivity contribution >= 4 is 8.69 Å². The van der Waals surface area contributed by atoms with Crippen LogP contribution in [0.15, 0.2) is 0 Å². The molecule has 0 bridgehead atoms. The summed E-state index contributed by atoms with van der Waals surface area (Å²) in [6.07, 6.45) is 4.32. The summed E-state index contributed by atoms with van der Waals surface area (Å²) in [5, 5.41) is 0. The van der Waals surface area contributed by atoms with Crippen molar-refractivity contribution in [3.63, 3.8) is 0 Å². The molecule has 1 aliphatic heterocycles. The summed E-state index contributed by atoms with van der Waals surface area (Å²) in [7, 11) is -0.304. The van der Waals surface area contributed by atoms with Gasteiger partial charge in [-0.2, -0.15) is 0 Å². The maximum absolute atomic E-state index is 10.4. The summed E-state index contributed by atoms with van der Waals surface area (Å²) in [5.74, 6) is -0.629. The molecule has 1 saturated heterocycles. The van der Waals surface area contributed by atoms with Gasteiger partial charge in [0.25, 0.3) is 0 Å². The molecule has 0 amide bonds. The highest BCUT2D eigenvalue weighted by Gasteiger charge is 2.36. The van der Waals surface area contributed by atoms with E-state index in [1.807, 2.05) is 0 Å². The molecule has 0 aliphatic carbocycles. The van der Waals surface area contributed by atoms with Crippen LogP contribution in [-0.2, 0) is 13.8 Å². The Morgan fingerprint density at radius 1 is 1.71 bits per heavy atom. The van der Waals surface area contributed by atoms with Gasteiger partial charge >= 0.3 is 8.69 Å². The Balaban J connectivity index is 2.39. The van der Waals surface area contributed by atoms with Crippen molar-refractivity contribution in [1.29, 1.82) is 0 Å². The molecule has 0 aromatic heterocycles. The molecule has 2 atom stereocenters. The third-order valence-corrected chi connectivity index (χ3v) is 3.10. The van der Waals surface area contributed by atoms with Gasteiger partial charge in [-0.15, -0.1) is 0 Å². The lowest BCUT2D eigenvalue weighted by molar-refractivity contribution is -0.149. The van der Waals surface area contributed by atoms with E-state index in [-0.39, 0.29) is 14.7 Å². The van der Waals surface area contributed by atoms with Crippen LogP contribution in [0.3, 0.4) is 0 Å². The largest absolute Gasteiger partial charge is 0.349 e. The van der Waals surface area contributed by atoms with E-state index in [9.17, 15) is 4.57 Å². The van der Waals surface area contributed by atoms with E-state index in [2.05, 4.69) is 6.92 Å². The van der Waals surface area contributed by atoms with Gasteiger partial charge < -0.3 is 10.5 Å². The molecule has 0 radical (unpaired) electrons. The minimum absolute atomic E-state index is 0.183. The van der Waals surface area contributed by atoms with Gasteiger partial charge in [-0.3, -0.25) is 4.52 Å². The summed E-state index contributed by atoms with van der Waals surface area (Å²) in [6.45, 7) is 2.75. The normalized spacial score (nSPS) is 29.6. The van der Waals surface area contributed by atoms with Gasteiger partial charge in [-0.05, 0) is 19.3 Å². The molecule has 0 aromatic carbocycles. The number of hydrogen-bond donors (Lipinski definition) is 1. The van der Waals surface area contributed by atoms with Crippen LogP contribution in [0.1, 0.15) is 39.0 Å². The van der Waals surface area contributed by atoms with Crippen LogP contribution in [0.5, 0.6) is 0 Å². The van der Waals surface area contributed by atoms with E-state index in [0.717, 1.165) is 32.1 Å². The topological polar surface area (TPSA) is 61.5 Å². The highest BCUT2D eigenvalue weighted by Crippen LogP contribution is 2.34. The monoisotopic (exact) mass is 219 g/mol. The van der Waals surface area contributed by atoms with Gasteiger partial charge in [0.1, 0.15) is 0 Å². The van der Waals surface area contributed by atoms with Crippen molar-refractivity contribution in [2.24, 2.45) is 5.73 Å². The molecule has 4 nitrogen and oxygen atoms in total. The van der Waals surface area contributed by atoms with Gasteiger partial charge in [-0.1, -0.05) is 6.92 Å². The molecule has 5 heteroatoms. The van der Waals surface area contributed by atoms with Crippen LogP contribution in [0, 0.1) is 0 Å². The Labute approximate surface area is 86.4 Å². The minimum atomic E-state index is -0.629. The molecule has 2 N–H and O–H groups in total. The maximum Gasteiger partial charge on any atom is 0.330 e. The second kappa shape index (κ2) is 5.76. The van der Waals surface area contributed by atoms with Gasteiger partial charge in [0, 0.05) is 18.9 Å². The molecule has 2 unspecified atom stereocenters. The van der Waals surface area contributed by atoms with Crippen LogP contribution in [-0.4, -0.2) is 18.4 Å². The van der Waals surface area contributed by atoms with E-state index in [4.69, 9.17) is 15.0 Å². The molecular formula is C9H18NO3P. The second-order valence-electron chi connectivity index (χ2n) is 3.74. The molecule has 1 aliphatic rings. The van der Waals surface area contributed by atoms with Gasteiger partial charge in [0.2, 0.25) is 0 Å². The lowest BCUT2D eigenvalue weighted by Crippen LogP contribution is -2.31. The Morgan fingerprint density at radius 3 is 3.00 bits per heavy atom. The zero-order valence-electron chi connectivity index (χ0n) is 8.57. The molecule has 14 heavy (non-hydrogen) atoms. The average Bonchev–Trinajstić information content (AvgIpc) is 2.64. The summed E-state index contributed by atoms with van der Waals surface area (Å²) in [6, 6.07) is 0.183. The molecular weight excluding hydrogens is 201 g/mol. The Morgan fingerprint density at radius 2 is 2.50 bits per heavy atom. The number of hydrogen-bond acceptors (Lipinski definition) is 4. The first-order chi connectivity index (χ1) is 6.72. The van der Waals surface area contributed by atoms with Crippen LogP contribution in [0.2, 0.25) is 0 Å². The highest BCUT2D eigenvalue weighted by atomic mass is 31.1. The Kier molecular flexibility index (Phi) is 4.96. The minimum Gasteiger partial charge on any atom is -0.349 e. The van der Waals surface area contributed by atoms with Crippen molar-refractivity contribution in [3.05, 3.63) is 0 Å². The Bertz CT molecular complexity index is 183. The molecule has 0 saturated carbocycles. The maximum atomic E-state index is 10.4. The van der Waals surface area contributed by atoms with Crippen molar-refractivity contribution in [3.8, 4) is 0 Å². The van der Waals surface area contributed by atoms with Crippen LogP contribution < -0.4 is 5.73 Å². The third-order valence-electron chi connectivity index (χ3n) is 2.69. The SMILES string of the molecule is CCC(N)CCC1(OP=O)CCCO1. The summed E-state index contributed by atoms with van der Waals surface area (Å²) < 4.78 is 21.1. The highest BCUT2D eigenvalue weighted by molar-refractivity contribution is 7.17. The lowest BCUT2D eigenvalue weighted by Gasteiger charge is -2.25. The molecule has 1 rings (SSSR count). The van der Waals surface area contributed by atoms with Crippen LogP contribution >= 0.6 is 8.69 Å². The van der Waals surface area contributed by atoms with Gasteiger partial charge in [0.05, 0.1) is 6.61 Å². The molecule has 82 valence electrons. The molecule has 0 spiro atoms. The number of ether oxygens (including phenoxy) is 1. The molecule has 1 heterocycles. The van der Waals surface area contributed by atoms with Crippen molar-refractivity contribution in [1.82, 2.24) is 0 Å². The zero-order valence-corrected chi connectivity index (χ0v) is 9.46. The quantitative estimate of drug-likeness (QED) is 0.696. The smallest absolute Gasteiger partial charge is 0.330 e. The fraction of sp³-hybridized carbons (Fsp3) is 1.00. The first kappa shape index (κ1) is 12.1.